The first-order valence-corrected chi connectivity index (χ1v) is 7.03. The molecular formula is C12H12FNOS2. The van der Waals surface area contributed by atoms with Crippen molar-refractivity contribution in [3.8, 4) is 10.6 Å². The highest BCUT2D eigenvalue weighted by molar-refractivity contribution is 7.99. The van der Waals surface area contributed by atoms with E-state index in [2.05, 4.69) is 4.98 Å². The van der Waals surface area contributed by atoms with Gasteiger partial charge in [0.2, 0.25) is 0 Å². The molecule has 0 bridgehead atoms. The first-order valence-electron chi connectivity index (χ1n) is 5.23. The average Bonchev–Trinajstić information content (AvgIpc) is 2.78. The first kappa shape index (κ1) is 12.5. The molecule has 0 aliphatic carbocycles. The number of hydrogen-bond donors (Lipinski definition) is 1. The molecule has 0 unspecified atom stereocenters. The summed E-state index contributed by atoms with van der Waals surface area (Å²) in [4.78, 5) is 5.81. The summed E-state index contributed by atoms with van der Waals surface area (Å²) in [6, 6.07) is 5.04. The zero-order valence-electron chi connectivity index (χ0n) is 9.31. The number of rotatable bonds is 4. The van der Waals surface area contributed by atoms with Crippen LogP contribution in [0.3, 0.4) is 0 Å². The van der Waals surface area contributed by atoms with Gasteiger partial charge in [0.25, 0.3) is 0 Å². The number of nitrogens with zero attached hydrogens (tertiary/aromatic N) is 1. The quantitative estimate of drug-likeness (QED) is 0.862. The lowest BCUT2D eigenvalue weighted by molar-refractivity contribution is 0.285. The molecule has 90 valence electrons. The van der Waals surface area contributed by atoms with Crippen LogP contribution in [-0.2, 0) is 6.61 Å². The lowest BCUT2D eigenvalue weighted by atomic mass is 10.2. The van der Waals surface area contributed by atoms with Crippen LogP contribution in [0.1, 0.15) is 11.8 Å². The highest BCUT2D eigenvalue weighted by Crippen LogP contribution is 2.35. The minimum absolute atomic E-state index is 0.0532. The fourth-order valence-electron chi connectivity index (χ4n) is 1.48. The zero-order valence-corrected chi connectivity index (χ0v) is 10.9. The average molecular weight is 269 g/mol. The van der Waals surface area contributed by atoms with E-state index in [1.807, 2.05) is 13.0 Å². The maximum absolute atomic E-state index is 13.9. The Bertz CT molecular complexity index is 513. The lowest BCUT2D eigenvalue weighted by Gasteiger charge is -2.06. The maximum Gasteiger partial charge on any atom is 0.134 e. The van der Waals surface area contributed by atoms with Crippen molar-refractivity contribution >= 4 is 23.1 Å². The number of aromatic nitrogens is 1. The summed E-state index contributed by atoms with van der Waals surface area (Å²) in [5.74, 6) is 0.622. The second-order valence-corrected chi connectivity index (χ2v) is 5.76. The summed E-state index contributed by atoms with van der Waals surface area (Å²) >= 11 is 2.92. The number of thioether (sulfide) groups is 1. The fraction of sp³-hybridized carbons (Fsp3) is 0.250. The van der Waals surface area contributed by atoms with Crippen LogP contribution in [0.15, 0.2) is 29.3 Å². The van der Waals surface area contributed by atoms with E-state index in [0.29, 0.717) is 10.6 Å². The van der Waals surface area contributed by atoms with Crippen molar-refractivity contribution in [1.29, 1.82) is 0 Å². The normalized spacial score (nSPS) is 10.8. The van der Waals surface area contributed by atoms with E-state index in [4.69, 9.17) is 5.11 Å². The molecule has 1 heterocycles. The third kappa shape index (κ3) is 2.68. The molecule has 0 amide bonds. The Morgan fingerprint density at radius 2 is 2.29 bits per heavy atom. The van der Waals surface area contributed by atoms with E-state index < -0.39 is 0 Å². The van der Waals surface area contributed by atoms with Crippen molar-refractivity contribution in [2.75, 3.05) is 5.75 Å². The molecule has 0 aliphatic rings. The monoisotopic (exact) mass is 269 g/mol. The Hall–Kier alpha value is -0.910. The van der Waals surface area contributed by atoms with Crippen LogP contribution in [0.4, 0.5) is 4.39 Å². The topological polar surface area (TPSA) is 33.1 Å². The molecule has 5 heteroatoms. The first-order chi connectivity index (χ1) is 8.26. The Morgan fingerprint density at radius 3 is 2.94 bits per heavy atom. The number of halogens is 1. The molecule has 0 atom stereocenters. The lowest BCUT2D eigenvalue weighted by Crippen LogP contribution is -1.87. The van der Waals surface area contributed by atoms with E-state index in [1.54, 1.807) is 24.0 Å². The van der Waals surface area contributed by atoms with Gasteiger partial charge in [-0.1, -0.05) is 13.0 Å². The summed E-state index contributed by atoms with van der Waals surface area (Å²) < 4.78 is 13.9. The van der Waals surface area contributed by atoms with Gasteiger partial charge in [-0.05, 0) is 17.9 Å². The standard InChI is InChI=1S/C12H12FNOS2/c1-2-16-10-5-3-4-9(13)11(10)12-14-6-8(7-15)17-12/h3-6,15H,2,7H2,1H3. The smallest absolute Gasteiger partial charge is 0.134 e. The zero-order chi connectivity index (χ0) is 12.3. The van der Waals surface area contributed by atoms with Crippen molar-refractivity contribution in [2.24, 2.45) is 0 Å². The van der Waals surface area contributed by atoms with E-state index in [-0.39, 0.29) is 12.4 Å². The predicted molar refractivity (Wildman–Crippen MR) is 69.8 cm³/mol. The number of aliphatic hydroxyl groups is 1. The van der Waals surface area contributed by atoms with Gasteiger partial charge < -0.3 is 5.11 Å². The Morgan fingerprint density at radius 1 is 1.47 bits per heavy atom. The summed E-state index contributed by atoms with van der Waals surface area (Å²) in [6.07, 6.45) is 1.59. The van der Waals surface area contributed by atoms with Gasteiger partial charge in [0, 0.05) is 11.1 Å². The van der Waals surface area contributed by atoms with Crippen molar-refractivity contribution in [3.63, 3.8) is 0 Å². The summed E-state index contributed by atoms with van der Waals surface area (Å²) in [6.45, 7) is 1.97. The third-order valence-corrected chi connectivity index (χ3v) is 4.14. The molecule has 0 spiro atoms. The van der Waals surface area contributed by atoms with Gasteiger partial charge in [0.1, 0.15) is 10.8 Å². The Kier molecular flexibility index (Phi) is 4.15. The van der Waals surface area contributed by atoms with Gasteiger partial charge in [-0.15, -0.1) is 23.1 Å². The van der Waals surface area contributed by atoms with E-state index in [0.717, 1.165) is 15.5 Å². The molecule has 0 aliphatic heterocycles. The molecular weight excluding hydrogens is 257 g/mol. The van der Waals surface area contributed by atoms with Crippen molar-refractivity contribution in [3.05, 3.63) is 35.1 Å². The van der Waals surface area contributed by atoms with E-state index >= 15 is 0 Å². The molecule has 0 saturated carbocycles. The second-order valence-electron chi connectivity index (χ2n) is 3.34. The van der Waals surface area contributed by atoms with Crippen LogP contribution in [0.25, 0.3) is 10.6 Å². The molecule has 2 aromatic rings. The van der Waals surface area contributed by atoms with Crippen molar-refractivity contribution < 1.29 is 9.50 Å². The molecule has 1 aromatic carbocycles. The minimum atomic E-state index is -0.262. The van der Waals surface area contributed by atoms with Gasteiger partial charge in [-0.2, -0.15) is 0 Å². The molecule has 0 fully saturated rings. The van der Waals surface area contributed by atoms with Crippen LogP contribution in [0.2, 0.25) is 0 Å². The SMILES string of the molecule is CCSc1cccc(F)c1-c1ncc(CO)s1. The highest BCUT2D eigenvalue weighted by Gasteiger charge is 2.14. The summed E-state index contributed by atoms with van der Waals surface area (Å²) in [7, 11) is 0. The number of thiazole rings is 1. The number of aliphatic hydroxyl groups excluding tert-OH is 1. The summed E-state index contributed by atoms with van der Waals surface area (Å²) in [5.41, 5.74) is 0.545. The van der Waals surface area contributed by atoms with Crippen LogP contribution in [0, 0.1) is 5.82 Å². The molecule has 0 saturated heterocycles. The number of benzene rings is 1. The van der Waals surface area contributed by atoms with Gasteiger partial charge >= 0.3 is 0 Å². The van der Waals surface area contributed by atoms with Crippen LogP contribution in [-0.4, -0.2) is 15.8 Å². The predicted octanol–water partition coefficient (Wildman–Crippen LogP) is 3.55. The summed E-state index contributed by atoms with van der Waals surface area (Å²) in [5, 5.41) is 9.64. The molecule has 0 radical (unpaired) electrons. The van der Waals surface area contributed by atoms with E-state index in [1.165, 1.54) is 17.4 Å². The van der Waals surface area contributed by atoms with Gasteiger partial charge in [0.05, 0.1) is 17.0 Å². The minimum Gasteiger partial charge on any atom is -0.391 e. The molecule has 1 N–H and O–H groups in total. The van der Waals surface area contributed by atoms with Gasteiger partial charge in [0.15, 0.2) is 0 Å². The molecule has 17 heavy (non-hydrogen) atoms. The highest BCUT2D eigenvalue weighted by atomic mass is 32.2. The van der Waals surface area contributed by atoms with Crippen LogP contribution in [0.5, 0.6) is 0 Å². The van der Waals surface area contributed by atoms with Crippen molar-refractivity contribution in [2.45, 2.75) is 18.4 Å². The molecule has 2 rings (SSSR count). The molecule has 1 aromatic heterocycles. The third-order valence-electron chi connectivity index (χ3n) is 2.20. The van der Waals surface area contributed by atoms with E-state index in [9.17, 15) is 4.39 Å². The van der Waals surface area contributed by atoms with Crippen LogP contribution >= 0.6 is 23.1 Å². The fourth-order valence-corrected chi connectivity index (χ4v) is 3.21. The van der Waals surface area contributed by atoms with Crippen LogP contribution < -0.4 is 0 Å². The van der Waals surface area contributed by atoms with Crippen molar-refractivity contribution in [1.82, 2.24) is 4.98 Å². The Labute approximate surface area is 108 Å². The van der Waals surface area contributed by atoms with Gasteiger partial charge in [-0.3, -0.25) is 0 Å². The maximum atomic E-state index is 13.9. The number of hydrogen-bond acceptors (Lipinski definition) is 4. The Balaban J connectivity index is 2.48. The molecule has 2 nitrogen and oxygen atoms in total. The van der Waals surface area contributed by atoms with Gasteiger partial charge in [-0.25, -0.2) is 9.37 Å². The largest absolute Gasteiger partial charge is 0.391 e. The second kappa shape index (κ2) is 5.62.